The Morgan fingerprint density at radius 3 is 2.71 bits per heavy atom. The van der Waals surface area contributed by atoms with Gasteiger partial charge in [-0.15, -0.1) is 0 Å². The van der Waals surface area contributed by atoms with Gasteiger partial charge in [0.15, 0.2) is 0 Å². The van der Waals surface area contributed by atoms with Crippen LogP contribution in [0.5, 0.6) is 0 Å². The van der Waals surface area contributed by atoms with Gasteiger partial charge < -0.3 is 4.57 Å². The molecule has 0 bridgehead atoms. The van der Waals surface area contributed by atoms with Crippen molar-refractivity contribution in [2.45, 2.75) is 0 Å². The average Bonchev–Trinajstić information content (AvgIpc) is 1.87. The van der Waals surface area contributed by atoms with Gasteiger partial charge in [0.2, 0.25) is 0 Å². The normalized spacial score (nSPS) is 9.43. The maximum Gasteiger partial charge on any atom is 0.0657 e. The molecule has 1 aromatic heterocycles. The molecular weight excluding hydrogens is 154 g/mol. The van der Waals surface area contributed by atoms with Gasteiger partial charge >= 0.3 is 0 Å². The Labute approximate surface area is 51.1 Å². The first kappa shape index (κ1) is 4.91. The van der Waals surface area contributed by atoms with Crippen molar-refractivity contribution in [2.75, 3.05) is 0 Å². The van der Waals surface area contributed by atoms with Crippen molar-refractivity contribution >= 4 is 15.9 Å². The topological polar surface area (TPSA) is 4.93 Å². The second kappa shape index (κ2) is 1.70. The van der Waals surface area contributed by atoms with Crippen LogP contribution in [-0.2, 0) is 7.05 Å². The van der Waals surface area contributed by atoms with Crippen molar-refractivity contribution < 1.29 is 0 Å². The molecule has 7 heavy (non-hydrogen) atoms. The zero-order chi connectivity index (χ0) is 5.28. The predicted molar refractivity (Wildman–Crippen MR) is 31.9 cm³/mol. The van der Waals surface area contributed by atoms with E-state index in [1.807, 2.05) is 23.9 Å². The van der Waals surface area contributed by atoms with Gasteiger partial charge in [0, 0.05) is 17.7 Å². The van der Waals surface area contributed by atoms with Gasteiger partial charge in [-0.2, -0.15) is 0 Å². The summed E-state index contributed by atoms with van der Waals surface area (Å²) in [6.45, 7) is 0. The van der Waals surface area contributed by atoms with Crippen LogP contribution in [0.3, 0.4) is 0 Å². The number of hydrogen-bond donors (Lipinski definition) is 0. The molecule has 0 amide bonds. The van der Waals surface area contributed by atoms with E-state index in [4.69, 9.17) is 0 Å². The minimum Gasteiger partial charge on any atom is -0.348 e. The third-order valence-electron chi connectivity index (χ3n) is 0.723. The number of hydrogen-bond acceptors (Lipinski definition) is 0. The summed E-state index contributed by atoms with van der Waals surface area (Å²) < 4.78 is 2.94. The molecule has 1 nitrogen and oxygen atoms in total. The molecule has 0 spiro atoms. The van der Waals surface area contributed by atoms with E-state index in [0.29, 0.717) is 0 Å². The highest BCUT2D eigenvalue weighted by Crippen LogP contribution is 2.05. The minimum absolute atomic E-state index is 1.08. The number of aromatic nitrogens is 1. The molecule has 0 N–H and O–H groups in total. The average molecular weight is 159 g/mol. The molecule has 0 saturated heterocycles. The van der Waals surface area contributed by atoms with Crippen LogP contribution in [0.15, 0.2) is 16.7 Å². The van der Waals surface area contributed by atoms with Gasteiger partial charge in [0.05, 0.1) is 6.20 Å². The van der Waals surface area contributed by atoms with E-state index >= 15 is 0 Å². The molecule has 0 aliphatic rings. The molecule has 0 aliphatic heterocycles. The maximum atomic E-state index is 3.28. The van der Waals surface area contributed by atoms with Crippen LogP contribution < -0.4 is 0 Å². The van der Waals surface area contributed by atoms with Crippen LogP contribution in [0.2, 0.25) is 0 Å². The highest BCUT2D eigenvalue weighted by atomic mass is 79.9. The SMILES string of the molecule is Cn1[c]cc(Br)c1. The Balaban J connectivity index is 3.04. The molecule has 37 valence electrons. The van der Waals surface area contributed by atoms with Crippen molar-refractivity contribution in [3.05, 3.63) is 22.9 Å². The summed E-state index contributed by atoms with van der Waals surface area (Å²) in [5.74, 6) is 0. The molecule has 0 saturated carbocycles. The maximum absolute atomic E-state index is 3.28. The van der Waals surface area contributed by atoms with E-state index < -0.39 is 0 Å². The Morgan fingerprint density at radius 1 is 1.86 bits per heavy atom. The number of nitrogens with zero attached hydrogens (tertiary/aromatic N) is 1. The number of halogens is 1. The first-order valence-corrected chi connectivity index (χ1v) is 2.78. The van der Waals surface area contributed by atoms with E-state index in [2.05, 4.69) is 22.1 Å². The summed E-state index contributed by atoms with van der Waals surface area (Å²) in [5, 5.41) is 0. The third-order valence-corrected chi connectivity index (χ3v) is 1.16. The second-order valence-corrected chi connectivity index (χ2v) is 2.31. The lowest BCUT2D eigenvalue weighted by molar-refractivity contribution is 0.918. The third kappa shape index (κ3) is 1.06. The fourth-order valence-corrected chi connectivity index (χ4v) is 0.833. The van der Waals surface area contributed by atoms with Crippen molar-refractivity contribution in [3.8, 4) is 0 Å². The van der Waals surface area contributed by atoms with E-state index in [1.165, 1.54) is 0 Å². The van der Waals surface area contributed by atoms with Crippen LogP contribution in [-0.4, -0.2) is 4.57 Å². The molecular formula is C5H5BrN. The standard InChI is InChI=1S/C5H5BrN/c1-7-3-2-5(6)4-7/h2,4H,1H3. The zero-order valence-electron chi connectivity index (χ0n) is 3.98. The largest absolute Gasteiger partial charge is 0.348 e. The molecule has 0 aliphatic carbocycles. The predicted octanol–water partition coefficient (Wildman–Crippen LogP) is 1.59. The lowest BCUT2D eigenvalue weighted by Crippen LogP contribution is -1.76. The summed E-state index contributed by atoms with van der Waals surface area (Å²) in [6, 6.07) is 1.88. The smallest absolute Gasteiger partial charge is 0.0657 e. The lowest BCUT2D eigenvalue weighted by atomic mass is 10.7. The Morgan fingerprint density at radius 2 is 2.57 bits per heavy atom. The van der Waals surface area contributed by atoms with E-state index in [9.17, 15) is 0 Å². The van der Waals surface area contributed by atoms with Crippen LogP contribution >= 0.6 is 15.9 Å². The van der Waals surface area contributed by atoms with Crippen molar-refractivity contribution in [1.29, 1.82) is 0 Å². The van der Waals surface area contributed by atoms with Gasteiger partial charge in [-0.1, -0.05) is 0 Å². The second-order valence-electron chi connectivity index (χ2n) is 1.40. The minimum atomic E-state index is 1.08. The van der Waals surface area contributed by atoms with Crippen molar-refractivity contribution in [2.24, 2.45) is 7.05 Å². The monoisotopic (exact) mass is 158 g/mol. The van der Waals surface area contributed by atoms with E-state index in [1.54, 1.807) is 0 Å². The molecule has 1 rings (SSSR count). The zero-order valence-corrected chi connectivity index (χ0v) is 5.57. The molecule has 1 heterocycles. The van der Waals surface area contributed by atoms with Crippen LogP contribution in [0.4, 0.5) is 0 Å². The first-order chi connectivity index (χ1) is 3.29. The summed E-state index contributed by atoms with van der Waals surface area (Å²) in [6.07, 6.45) is 4.88. The molecule has 1 aromatic rings. The fraction of sp³-hybridized carbons (Fsp3) is 0.200. The highest BCUT2D eigenvalue weighted by Gasteiger charge is 1.83. The van der Waals surface area contributed by atoms with Gasteiger partial charge in [-0.3, -0.25) is 0 Å². The van der Waals surface area contributed by atoms with Gasteiger partial charge in [-0.25, -0.2) is 0 Å². The summed E-state index contributed by atoms with van der Waals surface area (Å²) in [7, 11) is 1.94. The van der Waals surface area contributed by atoms with E-state index in [-0.39, 0.29) is 0 Å². The molecule has 0 aromatic carbocycles. The number of rotatable bonds is 0. The number of aryl methyl sites for hydroxylation is 1. The van der Waals surface area contributed by atoms with E-state index in [0.717, 1.165) is 4.47 Å². The Hall–Kier alpha value is -0.240. The Kier molecular flexibility index (Phi) is 1.19. The first-order valence-electron chi connectivity index (χ1n) is 1.98. The molecule has 0 atom stereocenters. The Bertz CT molecular complexity index is 140. The molecule has 2 heteroatoms. The van der Waals surface area contributed by atoms with Gasteiger partial charge in [0.25, 0.3) is 0 Å². The van der Waals surface area contributed by atoms with Crippen molar-refractivity contribution in [3.63, 3.8) is 0 Å². The quantitative estimate of drug-likeness (QED) is 0.541. The highest BCUT2D eigenvalue weighted by molar-refractivity contribution is 9.10. The molecule has 0 unspecified atom stereocenters. The van der Waals surface area contributed by atoms with Crippen molar-refractivity contribution in [1.82, 2.24) is 4.57 Å². The van der Waals surface area contributed by atoms with Crippen LogP contribution in [0, 0.1) is 6.20 Å². The summed E-state index contributed by atoms with van der Waals surface area (Å²) in [5.41, 5.74) is 0. The summed E-state index contributed by atoms with van der Waals surface area (Å²) >= 11 is 3.28. The molecule has 0 fully saturated rings. The van der Waals surface area contributed by atoms with Crippen LogP contribution in [0.1, 0.15) is 0 Å². The van der Waals surface area contributed by atoms with Gasteiger partial charge in [-0.05, 0) is 22.0 Å². The van der Waals surface area contributed by atoms with Crippen LogP contribution in [0.25, 0.3) is 0 Å². The summed E-state index contributed by atoms with van der Waals surface area (Å²) in [4.78, 5) is 0. The van der Waals surface area contributed by atoms with Gasteiger partial charge in [0.1, 0.15) is 0 Å². The fourth-order valence-electron chi connectivity index (χ4n) is 0.423. The lowest BCUT2D eigenvalue weighted by Gasteiger charge is -1.79. The molecule has 1 radical (unpaired) electrons.